The van der Waals surface area contributed by atoms with Crippen LogP contribution in [0.15, 0.2) is 24.5 Å². The maximum atomic E-state index is 5.36. The summed E-state index contributed by atoms with van der Waals surface area (Å²) in [5.41, 5.74) is 1.08. The molecule has 0 atom stereocenters. The van der Waals surface area contributed by atoms with E-state index in [1.807, 2.05) is 24.5 Å². The van der Waals surface area contributed by atoms with E-state index in [1.54, 1.807) is 7.11 Å². The van der Waals surface area contributed by atoms with E-state index in [9.17, 15) is 0 Å². The minimum Gasteiger partial charge on any atom is -0.497 e. The standard InChI is InChI=1S/C14H19N3O2/c1-18-13-2-5-17-12(10-13)11-15-14(17)3-4-16-6-8-19-9-7-16/h2,5,10-11H,3-4,6-9H2,1H3. The van der Waals surface area contributed by atoms with Crippen molar-refractivity contribution < 1.29 is 9.47 Å². The summed E-state index contributed by atoms with van der Waals surface area (Å²) in [5.74, 6) is 1.97. The van der Waals surface area contributed by atoms with Crippen LogP contribution in [0.3, 0.4) is 0 Å². The highest BCUT2D eigenvalue weighted by Gasteiger charge is 2.11. The molecule has 1 fully saturated rings. The molecule has 0 aliphatic carbocycles. The van der Waals surface area contributed by atoms with Gasteiger partial charge in [0.05, 0.1) is 32.0 Å². The highest BCUT2D eigenvalue weighted by Crippen LogP contribution is 2.15. The van der Waals surface area contributed by atoms with Gasteiger partial charge in [-0.2, -0.15) is 0 Å². The van der Waals surface area contributed by atoms with Crippen LogP contribution in [0.1, 0.15) is 5.82 Å². The Hall–Kier alpha value is -1.59. The molecule has 0 spiro atoms. The van der Waals surface area contributed by atoms with E-state index in [4.69, 9.17) is 9.47 Å². The first-order valence-electron chi connectivity index (χ1n) is 6.67. The molecule has 102 valence electrons. The van der Waals surface area contributed by atoms with E-state index in [0.717, 1.165) is 56.4 Å². The maximum absolute atomic E-state index is 5.36. The van der Waals surface area contributed by atoms with Crippen molar-refractivity contribution >= 4 is 5.52 Å². The molecule has 0 bridgehead atoms. The SMILES string of the molecule is COc1ccn2c(CCN3CCOCC3)ncc2c1. The average molecular weight is 261 g/mol. The first-order chi connectivity index (χ1) is 9.36. The smallest absolute Gasteiger partial charge is 0.122 e. The van der Waals surface area contributed by atoms with Crippen molar-refractivity contribution in [2.45, 2.75) is 6.42 Å². The van der Waals surface area contributed by atoms with Gasteiger partial charge in [-0.1, -0.05) is 0 Å². The molecular weight excluding hydrogens is 242 g/mol. The monoisotopic (exact) mass is 261 g/mol. The second-order valence-electron chi connectivity index (χ2n) is 4.74. The van der Waals surface area contributed by atoms with Crippen LogP contribution in [-0.2, 0) is 11.2 Å². The molecule has 1 aliphatic heterocycles. The van der Waals surface area contributed by atoms with Crippen LogP contribution in [0.25, 0.3) is 5.52 Å². The molecule has 3 heterocycles. The van der Waals surface area contributed by atoms with E-state index < -0.39 is 0 Å². The summed E-state index contributed by atoms with van der Waals surface area (Å²) in [6.07, 6.45) is 4.88. The Labute approximate surface area is 112 Å². The zero-order chi connectivity index (χ0) is 13.1. The number of fused-ring (bicyclic) bond motifs is 1. The summed E-state index contributed by atoms with van der Waals surface area (Å²) in [7, 11) is 1.68. The molecule has 0 N–H and O–H groups in total. The van der Waals surface area contributed by atoms with Crippen molar-refractivity contribution in [2.75, 3.05) is 40.0 Å². The third kappa shape index (κ3) is 2.72. The van der Waals surface area contributed by atoms with Crippen LogP contribution in [0, 0.1) is 0 Å². The number of pyridine rings is 1. The van der Waals surface area contributed by atoms with Gasteiger partial charge < -0.3 is 13.9 Å². The van der Waals surface area contributed by atoms with Crippen LogP contribution in [0.4, 0.5) is 0 Å². The summed E-state index contributed by atoms with van der Waals surface area (Å²) < 4.78 is 12.7. The second kappa shape index (κ2) is 5.59. The molecule has 0 unspecified atom stereocenters. The van der Waals surface area contributed by atoms with Gasteiger partial charge in [-0.3, -0.25) is 4.90 Å². The highest BCUT2D eigenvalue weighted by molar-refractivity contribution is 5.50. The van der Waals surface area contributed by atoms with Gasteiger partial charge in [0.25, 0.3) is 0 Å². The summed E-state index contributed by atoms with van der Waals surface area (Å²) >= 11 is 0. The van der Waals surface area contributed by atoms with Crippen molar-refractivity contribution in [3.8, 4) is 5.75 Å². The lowest BCUT2D eigenvalue weighted by atomic mass is 10.3. The van der Waals surface area contributed by atoms with Crippen molar-refractivity contribution in [2.24, 2.45) is 0 Å². The number of imidazole rings is 1. The molecule has 0 aromatic carbocycles. The minimum atomic E-state index is 0.847. The van der Waals surface area contributed by atoms with Crippen LogP contribution >= 0.6 is 0 Å². The van der Waals surface area contributed by atoms with E-state index in [-0.39, 0.29) is 0 Å². The Morgan fingerprint density at radius 2 is 2.21 bits per heavy atom. The minimum absolute atomic E-state index is 0.847. The van der Waals surface area contributed by atoms with Crippen LogP contribution < -0.4 is 4.74 Å². The fraction of sp³-hybridized carbons (Fsp3) is 0.500. The zero-order valence-electron chi connectivity index (χ0n) is 11.2. The number of hydrogen-bond donors (Lipinski definition) is 0. The zero-order valence-corrected chi connectivity index (χ0v) is 11.2. The first kappa shape index (κ1) is 12.4. The molecule has 2 aromatic rings. The topological polar surface area (TPSA) is 39.0 Å². The van der Waals surface area contributed by atoms with E-state index >= 15 is 0 Å². The first-order valence-corrected chi connectivity index (χ1v) is 6.67. The van der Waals surface area contributed by atoms with Gasteiger partial charge >= 0.3 is 0 Å². The lowest BCUT2D eigenvalue weighted by Crippen LogP contribution is -2.37. The van der Waals surface area contributed by atoms with Gasteiger partial charge in [0, 0.05) is 38.3 Å². The molecular formula is C14H19N3O2. The lowest BCUT2D eigenvalue weighted by molar-refractivity contribution is 0.0382. The van der Waals surface area contributed by atoms with Gasteiger partial charge in [0.2, 0.25) is 0 Å². The summed E-state index contributed by atoms with van der Waals surface area (Å²) in [4.78, 5) is 6.93. The number of aromatic nitrogens is 2. The predicted molar refractivity (Wildman–Crippen MR) is 72.7 cm³/mol. The van der Waals surface area contributed by atoms with E-state index in [2.05, 4.69) is 14.3 Å². The fourth-order valence-corrected chi connectivity index (χ4v) is 2.43. The number of nitrogens with zero attached hydrogens (tertiary/aromatic N) is 3. The third-order valence-electron chi connectivity index (χ3n) is 3.57. The Kier molecular flexibility index (Phi) is 3.66. The van der Waals surface area contributed by atoms with E-state index in [1.165, 1.54) is 0 Å². The van der Waals surface area contributed by atoms with Crippen LogP contribution in [0.2, 0.25) is 0 Å². The molecule has 2 aromatic heterocycles. The average Bonchev–Trinajstić information content (AvgIpc) is 2.88. The van der Waals surface area contributed by atoms with Crippen LogP contribution in [-0.4, -0.2) is 54.2 Å². The number of ether oxygens (including phenoxy) is 2. The maximum Gasteiger partial charge on any atom is 0.122 e. The molecule has 1 aliphatic rings. The van der Waals surface area contributed by atoms with Crippen molar-refractivity contribution in [3.63, 3.8) is 0 Å². The van der Waals surface area contributed by atoms with Gasteiger partial charge in [-0.25, -0.2) is 4.98 Å². The molecule has 0 amide bonds. The normalized spacial score (nSPS) is 16.9. The molecule has 5 heteroatoms. The fourth-order valence-electron chi connectivity index (χ4n) is 2.43. The Morgan fingerprint density at radius 3 is 3.00 bits per heavy atom. The van der Waals surface area contributed by atoms with Gasteiger partial charge in [0.15, 0.2) is 0 Å². The predicted octanol–water partition coefficient (Wildman–Crippen LogP) is 1.22. The molecule has 0 radical (unpaired) electrons. The van der Waals surface area contributed by atoms with Crippen molar-refractivity contribution in [3.05, 3.63) is 30.4 Å². The third-order valence-corrected chi connectivity index (χ3v) is 3.57. The van der Waals surface area contributed by atoms with Gasteiger partial charge in [-0.15, -0.1) is 0 Å². The molecule has 5 nitrogen and oxygen atoms in total. The van der Waals surface area contributed by atoms with Crippen LogP contribution in [0.5, 0.6) is 5.75 Å². The van der Waals surface area contributed by atoms with Gasteiger partial charge in [0.1, 0.15) is 11.6 Å². The number of methoxy groups -OCH3 is 1. The Morgan fingerprint density at radius 1 is 1.37 bits per heavy atom. The highest BCUT2D eigenvalue weighted by atomic mass is 16.5. The lowest BCUT2D eigenvalue weighted by Gasteiger charge is -2.26. The Bertz CT molecular complexity index is 547. The number of rotatable bonds is 4. The summed E-state index contributed by atoms with van der Waals surface area (Å²) in [6, 6.07) is 3.97. The second-order valence-corrected chi connectivity index (χ2v) is 4.74. The van der Waals surface area contributed by atoms with E-state index in [0.29, 0.717) is 0 Å². The number of morpholine rings is 1. The molecule has 19 heavy (non-hydrogen) atoms. The summed E-state index contributed by atoms with van der Waals surface area (Å²) in [6.45, 7) is 4.78. The molecule has 3 rings (SSSR count). The van der Waals surface area contributed by atoms with Gasteiger partial charge in [-0.05, 0) is 6.07 Å². The molecule has 0 saturated carbocycles. The summed E-state index contributed by atoms with van der Waals surface area (Å²) in [5, 5.41) is 0. The molecule has 1 saturated heterocycles. The Balaban J connectivity index is 1.70. The number of hydrogen-bond acceptors (Lipinski definition) is 4. The van der Waals surface area contributed by atoms with Crippen molar-refractivity contribution in [1.29, 1.82) is 0 Å². The quantitative estimate of drug-likeness (QED) is 0.829. The van der Waals surface area contributed by atoms with Crippen molar-refractivity contribution in [1.82, 2.24) is 14.3 Å². The largest absolute Gasteiger partial charge is 0.497 e.